The maximum Gasteiger partial charge on any atom is 0.164 e. The average molecular weight is 831 g/mol. The van der Waals surface area contributed by atoms with Crippen LogP contribution in [0.2, 0.25) is 0 Å². The van der Waals surface area contributed by atoms with Crippen LogP contribution in [0.5, 0.6) is 0 Å². The Kier molecular flexibility index (Phi) is 7.53. The third-order valence-electron chi connectivity index (χ3n) is 13.1. The summed E-state index contributed by atoms with van der Waals surface area (Å²) in [5, 5.41) is 16.9. The van der Waals surface area contributed by atoms with Gasteiger partial charge in [-0.25, -0.2) is 15.0 Å². The van der Waals surface area contributed by atoms with Gasteiger partial charge in [0.25, 0.3) is 0 Å². The van der Waals surface area contributed by atoms with Crippen molar-refractivity contribution in [1.82, 2.24) is 19.5 Å². The van der Waals surface area contributed by atoms with Gasteiger partial charge < -0.3 is 4.57 Å². The van der Waals surface area contributed by atoms with E-state index in [1.807, 2.05) is 11.3 Å². The van der Waals surface area contributed by atoms with E-state index in [9.17, 15) is 0 Å². The molecule has 0 aliphatic heterocycles. The van der Waals surface area contributed by atoms with Crippen LogP contribution in [-0.2, 0) is 0 Å². The van der Waals surface area contributed by atoms with Gasteiger partial charge in [-0.15, -0.1) is 11.3 Å². The molecule has 0 radical (unpaired) electrons. The molecule has 296 valence electrons. The third-order valence-corrected chi connectivity index (χ3v) is 14.3. The smallest absolute Gasteiger partial charge is 0.164 e. The van der Waals surface area contributed by atoms with Crippen LogP contribution in [-0.4, -0.2) is 19.5 Å². The number of benzene rings is 11. The van der Waals surface area contributed by atoms with Crippen LogP contribution in [0.3, 0.4) is 0 Å². The van der Waals surface area contributed by atoms with Gasteiger partial charge in [-0.3, -0.25) is 0 Å². The lowest BCUT2D eigenvalue weighted by Gasteiger charge is -2.14. The number of nitrogens with zero attached hydrogens (tertiary/aromatic N) is 4. The molecule has 14 rings (SSSR count). The summed E-state index contributed by atoms with van der Waals surface area (Å²) >= 11 is 1.82. The minimum absolute atomic E-state index is 0.629. The van der Waals surface area contributed by atoms with Crippen molar-refractivity contribution in [2.75, 3.05) is 0 Å². The molecule has 11 aromatic carbocycles. The molecule has 0 aliphatic rings. The zero-order chi connectivity index (χ0) is 41.9. The Morgan fingerprint density at radius 3 is 1.45 bits per heavy atom. The Balaban J connectivity index is 1.05. The molecule has 0 spiro atoms. The Hall–Kier alpha value is -8.25. The topological polar surface area (TPSA) is 43.6 Å². The first kappa shape index (κ1) is 35.4. The van der Waals surface area contributed by atoms with E-state index in [1.165, 1.54) is 74.0 Å². The monoisotopic (exact) mass is 830 g/mol. The first-order valence-electron chi connectivity index (χ1n) is 21.7. The van der Waals surface area contributed by atoms with Gasteiger partial charge in [-0.2, -0.15) is 0 Å². The summed E-state index contributed by atoms with van der Waals surface area (Å²) in [6.45, 7) is 0. The molecule has 0 bridgehead atoms. The minimum atomic E-state index is 0.629. The van der Waals surface area contributed by atoms with Crippen LogP contribution in [0.4, 0.5) is 0 Å². The number of hydrogen-bond acceptors (Lipinski definition) is 4. The first-order valence-corrected chi connectivity index (χ1v) is 22.5. The van der Waals surface area contributed by atoms with Crippen LogP contribution in [0.25, 0.3) is 136 Å². The molecule has 3 heterocycles. The summed E-state index contributed by atoms with van der Waals surface area (Å²) in [4.78, 5) is 16.1. The van der Waals surface area contributed by atoms with Crippen molar-refractivity contribution in [2.45, 2.75) is 0 Å². The van der Waals surface area contributed by atoms with Crippen molar-refractivity contribution < 1.29 is 0 Å². The number of hydrogen-bond donors (Lipinski definition) is 0. The molecule has 0 atom stereocenters. The predicted octanol–water partition coefficient (Wildman–Crippen LogP) is 16.1. The molecule has 5 heteroatoms. The molecule has 14 aromatic rings. The zero-order valence-electron chi connectivity index (χ0n) is 34.3. The van der Waals surface area contributed by atoms with E-state index in [2.05, 4.69) is 211 Å². The van der Waals surface area contributed by atoms with E-state index >= 15 is 0 Å². The molecule has 0 amide bonds. The van der Waals surface area contributed by atoms with Gasteiger partial charge in [0, 0.05) is 47.6 Å². The predicted molar refractivity (Wildman–Crippen MR) is 271 cm³/mol. The Bertz CT molecular complexity index is 4140. The van der Waals surface area contributed by atoms with E-state index in [0.717, 1.165) is 44.2 Å². The lowest BCUT2D eigenvalue weighted by Crippen LogP contribution is -2.01. The quantitative estimate of drug-likeness (QED) is 0.166. The van der Waals surface area contributed by atoms with Crippen LogP contribution < -0.4 is 0 Å². The van der Waals surface area contributed by atoms with Crippen molar-refractivity contribution in [3.63, 3.8) is 0 Å². The van der Waals surface area contributed by atoms with Crippen molar-refractivity contribution in [3.05, 3.63) is 206 Å². The number of thiophene rings is 1. The van der Waals surface area contributed by atoms with Crippen molar-refractivity contribution in [3.8, 4) is 39.9 Å². The van der Waals surface area contributed by atoms with E-state index in [0.29, 0.717) is 17.5 Å². The maximum absolute atomic E-state index is 5.39. The van der Waals surface area contributed by atoms with Crippen LogP contribution >= 0.6 is 11.3 Å². The van der Waals surface area contributed by atoms with Gasteiger partial charge in [0.1, 0.15) is 0 Å². The molecule has 0 unspecified atom stereocenters. The SMILES string of the molecule is c1ccc2cc3c(cc2c1)c1ccccc1n3-c1cc(-c2nc(-c3ccc4c(ccc5ccccc54)c3)nc(-c3ccc4c(ccc5ccccc54)c3)n2)cc2sc3ccccc3c12. The lowest BCUT2D eigenvalue weighted by molar-refractivity contribution is 1.07. The Morgan fingerprint density at radius 1 is 0.297 bits per heavy atom. The fourth-order valence-electron chi connectivity index (χ4n) is 10.1. The highest BCUT2D eigenvalue weighted by Gasteiger charge is 2.21. The standard InChI is InChI=1S/C59H34N4S/c1-2-14-38-32-52-50(31-37(38)13-1)48-17-7-9-19-51(48)63(52)53-33-43(34-55-56(53)49-18-8-10-20-54(49)64-55)59-61-57(41-25-27-46-39(29-41)23-21-35-11-3-5-15-44(35)46)60-58(62-59)42-26-28-47-40(30-42)24-22-36-12-4-6-16-45(36)47/h1-34H. The lowest BCUT2D eigenvalue weighted by atomic mass is 9.99. The average Bonchev–Trinajstić information content (AvgIpc) is 3.90. The Labute approximate surface area is 371 Å². The van der Waals surface area contributed by atoms with Gasteiger partial charge >= 0.3 is 0 Å². The highest BCUT2D eigenvalue weighted by atomic mass is 32.1. The van der Waals surface area contributed by atoms with Crippen molar-refractivity contribution >= 4 is 107 Å². The van der Waals surface area contributed by atoms with Gasteiger partial charge in [-0.05, 0) is 102 Å². The molecule has 0 saturated carbocycles. The highest BCUT2D eigenvalue weighted by molar-refractivity contribution is 7.26. The number of aromatic nitrogens is 4. The van der Waals surface area contributed by atoms with Crippen LogP contribution in [0, 0.1) is 0 Å². The van der Waals surface area contributed by atoms with Gasteiger partial charge in [-0.1, -0.05) is 158 Å². The molecule has 0 aliphatic carbocycles. The minimum Gasteiger partial charge on any atom is -0.309 e. The molecule has 0 N–H and O–H groups in total. The molecule has 64 heavy (non-hydrogen) atoms. The second-order valence-electron chi connectivity index (χ2n) is 16.8. The summed E-state index contributed by atoms with van der Waals surface area (Å²) in [7, 11) is 0. The van der Waals surface area contributed by atoms with E-state index < -0.39 is 0 Å². The fourth-order valence-corrected chi connectivity index (χ4v) is 11.3. The fraction of sp³-hybridized carbons (Fsp3) is 0. The summed E-state index contributed by atoms with van der Waals surface area (Å²) in [6.07, 6.45) is 0. The third kappa shape index (κ3) is 5.38. The zero-order valence-corrected chi connectivity index (χ0v) is 35.1. The summed E-state index contributed by atoms with van der Waals surface area (Å²) in [5.41, 5.74) is 6.24. The molecule has 3 aromatic heterocycles. The number of para-hydroxylation sites is 1. The molecular formula is C59H34N4S. The normalized spacial score (nSPS) is 12.1. The van der Waals surface area contributed by atoms with Crippen LogP contribution in [0.1, 0.15) is 0 Å². The number of fused-ring (bicyclic) bond motifs is 13. The summed E-state index contributed by atoms with van der Waals surface area (Å²) < 4.78 is 4.89. The molecule has 0 fully saturated rings. The van der Waals surface area contributed by atoms with E-state index in [-0.39, 0.29) is 0 Å². The largest absolute Gasteiger partial charge is 0.309 e. The summed E-state index contributed by atoms with van der Waals surface area (Å²) in [6, 6.07) is 74.6. The second-order valence-corrected chi connectivity index (χ2v) is 17.9. The van der Waals surface area contributed by atoms with Crippen LogP contribution in [0.15, 0.2) is 206 Å². The highest BCUT2D eigenvalue weighted by Crippen LogP contribution is 2.44. The first-order chi connectivity index (χ1) is 31.7. The van der Waals surface area contributed by atoms with E-state index in [1.54, 1.807) is 0 Å². The molecular weight excluding hydrogens is 797 g/mol. The van der Waals surface area contributed by atoms with E-state index in [4.69, 9.17) is 15.0 Å². The van der Waals surface area contributed by atoms with Crippen molar-refractivity contribution in [1.29, 1.82) is 0 Å². The molecule has 4 nitrogen and oxygen atoms in total. The van der Waals surface area contributed by atoms with Gasteiger partial charge in [0.15, 0.2) is 17.5 Å². The second kappa shape index (κ2) is 13.6. The maximum atomic E-state index is 5.39. The summed E-state index contributed by atoms with van der Waals surface area (Å²) in [5.74, 6) is 1.90. The van der Waals surface area contributed by atoms with Crippen molar-refractivity contribution in [2.24, 2.45) is 0 Å². The van der Waals surface area contributed by atoms with Gasteiger partial charge in [0.2, 0.25) is 0 Å². The molecule has 0 saturated heterocycles. The number of rotatable bonds is 4. The Morgan fingerprint density at radius 2 is 0.797 bits per heavy atom. The van der Waals surface area contributed by atoms with Gasteiger partial charge in [0.05, 0.1) is 16.7 Å².